The van der Waals surface area contributed by atoms with Gasteiger partial charge in [-0.25, -0.2) is 15.1 Å². The predicted molar refractivity (Wildman–Crippen MR) is 70.6 cm³/mol. The Kier molecular flexibility index (Phi) is 3.80. The summed E-state index contributed by atoms with van der Waals surface area (Å²) in [4.78, 5) is 30.0. The van der Waals surface area contributed by atoms with Crippen molar-refractivity contribution in [3.05, 3.63) is 44.6 Å². The minimum absolute atomic E-state index is 0.212. The number of hydrogen-bond acceptors (Lipinski definition) is 6. The summed E-state index contributed by atoms with van der Waals surface area (Å²) in [6.07, 6.45) is 1.23. The molecule has 2 heterocycles. The molecule has 0 aliphatic carbocycles. The molecule has 0 bridgehead atoms. The molecule has 0 atom stereocenters. The molecule has 0 saturated carbocycles. The van der Waals surface area contributed by atoms with Gasteiger partial charge in [0.2, 0.25) is 0 Å². The first-order valence-electron chi connectivity index (χ1n) is 5.70. The Hall–Kier alpha value is -2.68. The molecule has 2 rings (SSSR count). The lowest BCUT2D eigenvalue weighted by atomic mass is 10.2. The zero-order chi connectivity index (χ0) is 14.7. The molecule has 0 saturated heterocycles. The molecule has 0 aliphatic heterocycles. The summed E-state index contributed by atoms with van der Waals surface area (Å²) in [5.41, 5.74) is 1.47. The number of aromatic nitrogens is 2. The van der Waals surface area contributed by atoms with Gasteiger partial charge in [0.15, 0.2) is 5.03 Å². The van der Waals surface area contributed by atoms with Gasteiger partial charge in [-0.3, -0.25) is 9.78 Å². The Morgan fingerprint density at radius 2 is 2.25 bits per heavy atom. The smallest absolute Gasteiger partial charge is 0.265 e. The highest BCUT2D eigenvalue weighted by Gasteiger charge is 2.12. The van der Waals surface area contributed by atoms with E-state index in [-0.39, 0.29) is 11.5 Å². The molecule has 20 heavy (non-hydrogen) atoms. The number of anilines is 1. The maximum Gasteiger partial charge on any atom is 0.265 e. The van der Waals surface area contributed by atoms with E-state index in [1.54, 1.807) is 17.6 Å². The molecule has 0 fully saturated rings. The summed E-state index contributed by atoms with van der Waals surface area (Å²) >= 11 is 0. The standard InChI is InChI=1S/C11H13N5O4/c1-15(2)6-7-3-4-9(20-7)8-5-12-11(13-10(8)17)14-16(18)19/h3-5H,6H2,1-2H3,(H2,12,13,14,17). The number of H-pyrrole nitrogens is 1. The number of hydrazine groups is 1. The monoisotopic (exact) mass is 279 g/mol. The highest BCUT2D eigenvalue weighted by atomic mass is 16.7. The normalized spacial score (nSPS) is 10.8. The van der Waals surface area contributed by atoms with E-state index in [2.05, 4.69) is 9.97 Å². The molecular weight excluding hydrogens is 266 g/mol. The number of aromatic amines is 1. The van der Waals surface area contributed by atoms with Gasteiger partial charge in [0.1, 0.15) is 17.1 Å². The van der Waals surface area contributed by atoms with E-state index in [0.717, 1.165) is 0 Å². The van der Waals surface area contributed by atoms with Gasteiger partial charge in [-0.05, 0) is 26.2 Å². The van der Waals surface area contributed by atoms with Gasteiger partial charge >= 0.3 is 0 Å². The van der Waals surface area contributed by atoms with Gasteiger partial charge in [0.25, 0.3) is 11.5 Å². The van der Waals surface area contributed by atoms with Crippen molar-refractivity contribution in [3.63, 3.8) is 0 Å². The minimum Gasteiger partial charge on any atom is -0.459 e. The molecule has 2 aromatic rings. The number of nitrogens with zero attached hydrogens (tertiary/aromatic N) is 3. The topological polar surface area (TPSA) is 117 Å². The molecule has 106 valence electrons. The van der Waals surface area contributed by atoms with Gasteiger partial charge in [0.05, 0.1) is 6.54 Å². The van der Waals surface area contributed by atoms with Crippen molar-refractivity contribution in [2.75, 3.05) is 19.5 Å². The van der Waals surface area contributed by atoms with Crippen LogP contribution in [0.2, 0.25) is 0 Å². The van der Waals surface area contributed by atoms with E-state index in [1.807, 2.05) is 19.0 Å². The maximum absolute atomic E-state index is 11.8. The third-order valence-corrected chi connectivity index (χ3v) is 2.40. The van der Waals surface area contributed by atoms with Crippen molar-refractivity contribution in [2.24, 2.45) is 0 Å². The fourth-order valence-electron chi connectivity index (χ4n) is 1.63. The first kappa shape index (κ1) is 13.7. The van der Waals surface area contributed by atoms with E-state index in [0.29, 0.717) is 18.1 Å². The predicted octanol–water partition coefficient (Wildman–Crippen LogP) is 0.695. The van der Waals surface area contributed by atoms with Crippen LogP contribution in [0.3, 0.4) is 0 Å². The summed E-state index contributed by atoms with van der Waals surface area (Å²) in [7, 11) is 3.79. The van der Waals surface area contributed by atoms with Gasteiger partial charge in [-0.15, -0.1) is 0 Å². The lowest BCUT2D eigenvalue weighted by molar-refractivity contribution is -0.446. The zero-order valence-corrected chi connectivity index (χ0v) is 10.9. The van der Waals surface area contributed by atoms with Crippen LogP contribution in [0.4, 0.5) is 5.95 Å². The zero-order valence-electron chi connectivity index (χ0n) is 10.9. The van der Waals surface area contributed by atoms with Crippen LogP contribution in [0.15, 0.2) is 27.5 Å². The van der Waals surface area contributed by atoms with E-state index in [9.17, 15) is 14.9 Å². The van der Waals surface area contributed by atoms with E-state index < -0.39 is 10.6 Å². The van der Waals surface area contributed by atoms with Gasteiger partial charge in [-0.1, -0.05) is 5.43 Å². The minimum atomic E-state index is -0.806. The van der Waals surface area contributed by atoms with E-state index in [1.165, 1.54) is 6.20 Å². The Morgan fingerprint density at radius 3 is 2.85 bits per heavy atom. The van der Waals surface area contributed by atoms with Crippen LogP contribution in [0, 0.1) is 10.1 Å². The third kappa shape index (κ3) is 3.20. The number of furan rings is 1. The second-order valence-corrected chi connectivity index (χ2v) is 4.35. The highest BCUT2D eigenvalue weighted by molar-refractivity contribution is 5.55. The summed E-state index contributed by atoms with van der Waals surface area (Å²) in [6.45, 7) is 0.603. The number of rotatable bonds is 5. The van der Waals surface area contributed by atoms with Crippen LogP contribution in [0.1, 0.15) is 5.76 Å². The van der Waals surface area contributed by atoms with Crippen LogP contribution >= 0.6 is 0 Å². The number of nitrogens with one attached hydrogen (secondary N) is 2. The Balaban J connectivity index is 2.27. The molecule has 0 aromatic carbocycles. The van der Waals surface area contributed by atoms with Crippen molar-refractivity contribution in [1.29, 1.82) is 0 Å². The Morgan fingerprint density at radius 1 is 1.50 bits per heavy atom. The first-order chi connectivity index (χ1) is 9.45. The van der Waals surface area contributed by atoms with Crippen molar-refractivity contribution >= 4 is 5.95 Å². The van der Waals surface area contributed by atoms with E-state index >= 15 is 0 Å². The molecule has 2 N–H and O–H groups in total. The van der Waals surface area contributed by atoms with Crippen molar-refractivity contribution in [1.82, 2.24) is 14.9 Å². The van der Waals surface area contributed by atoms with Gasteiger partial charge in [-0.2, -0.15) is 0 Å². The molecule has 0 spiro atoms. The highest BCUT2D eigenvalue weighted by Crippen LogP contribution is 2.19. The fourth-order valence-corrected chi connectivity index (χ4v) is 1.63. The summed E-state index contributed by atoms with van der Waals surface area (Å²) in [5.74, 6) is 0.837. The second kappa shape index (κ2) is 5.53. The van der Waals surface area contributed by atoms with Gasteiger partial charge in [0, 0.05) is 6.20 Å². The molecule has 9 nitrogen and oxygen atoms in total. The lowest BCUT2D eigenvalue weighted by Gasteiger charge is -2.05. The first-order valence-corrected chi connectivity index (χ1v) is 5.70. The average molecular weight is 279 g/mol. The van der Waals surface area contributed by atoms with Gasteiger partial charge < -0.3 is 9.32 Å². The van der Waals surface area contributed by atoms with Crippen molar-refractivity contribution in [2.45, 2.75) is 6.54 Å². The molecular formula is C11H13N5O4. The van der Waals surface area contributed by atoms with Crippen LogP contribution in [-0.4, -0.2) is 34.0 Å². The summed E-state index contributed by atoms with van der Waals surface area (Å²) in [5, 5.41) is 9.44. The molecule has 0 radical (unpaired) electrons. The quantitative estimate of drug-likeness (QED) is 0.610. The Labute approximate surface area is 113 Å². The molecule has 0 unspecified atom stereocenters. The third-order valence-electron chi connectivity index (χ3n) is 2.40. The van der Waals surface area contributed by atoms with Crippen molar-refractivity contribution in [3.8, 4) is 11.3 Å². The van der Waals surface area contributed by atoms with Crippen LogP contribution < -0.4 is 11.0 Å². The lowest BCUT2D eigenvalue weighted by Crippen LogP contribution is -2.17. The molecule has 0 aliphatic rings. The second-order valence-electron chi connectivity index (χ2n) is 4.35. The molecule has 9 heteroatoms. The SMILES string of the molecule is CN(C)Cc1ccc(-c2cnc(N[N+](=O)[O-])[nH]c2=O)o1. The fraction of sp³-hybridized carbons (Fsp3) is 0.273. The van der Waals surface area contributed by atoms with Crippen molar-refractivity contribution < 1.29 is 9.45 Å². The summed E-state index contributed by atoms with van der Waals surface area (Å²) in [6, 6.07) is 3.42. The van der Waals surface area contributed by atoms with Crippen LogP contribution in [0.5, 0.6) is 0 Å². The molecule has 0 amide bonds. The van der Waals surface area contributed by atoms with E-state index in [4.69, 9.17) is 4.42 Å². The average Bonchev–Trinajstić information content (AvgIpc) is 2.75. The maximum atomic E-state index is 11.8. The number of hydrogen-bond donors (Lipinski definition) is 2. The van der Waals surface area contributed by atoms with Crippen LogP contribution in [0.25, 0.3) is 11.3 Å². The largest absolute Gasteiger partial charge is 0.459 e. The Bertz CT molecular complexity index is 675. The summed E-state index contributed by atoms with van der Waals surface area (Å²) < 4.78 is 5.53. The molecule has 2 aromatic heterocycles. The number of nitro groups is 1. The van der Waals surface area contributed by atoms with Crippen LogP contribution in [-0.2, 0) is 6.54 Å².